The number of hydrogen-bond donors (Lipinski definition) is 2. The minimum atomic E-state index is -0.192. The summed E-state index contributed by atoms with van der Waals surface area (Å²) in [6, 6.07) is 11.6. The summed E-state index contributed by atoms with van der Waals surface area (Å²) in [4.78, 5) is 26.9. The Bertz CT molecular complexity index is 754. The first-order valence-electron chi connectivity index (χ1n) is 9.21. The number of carbonyl (C=O) groups excluding carboxylic acids is 2. The van der Waals surface area contributed by atoms with Gasteiger partial charge in [0.25, 0.3) is 0 Å². The van der Waals surface area contributed by atoms with E-state index in [2.05, 4.69) is 29.4 Å². The van der Waals surface area contributed by atoms with Crippen LogP contribution in [0.2, 0.25) is 0 Å². The van der Waals surface area contributed by atoms with Gasteiger partial charge in [-0.2, -0.15) is 5.10 Å². The van der Waals surface area contributed by atoms with Crippen LogP contribution in [0.15, 0.2) is 36.4 Å². The molecule has 2 heterocycles. The molecule has 1 aromatic carbocycles. The van der Waals surface area contributed by atoms with Crippen molar-refractivity contribution in [2.45, 2.75) is 39.0 Å². The van der Waals surface area contributed by atoms with E-state index >= 15 is 0 Å². The summed E-state index contributed by atoms with van der Waals surface area (Å²) < 4.78 is 0. The second-order valence-electron chi connectivity index (χ2n) is 7.19. The van der Waals surface area contributed by atoms with E-state index in [1.165, 1.54) is 0 Å². The highest BCUT2D eigenvalue weighted by atomic mass is 16.2. The molecule has 1 aromatic heterocycles. The van der Waals surface area contributed by atoms with Crippen molar-refractivity contribution in [3.8, 4) is 0 Å². The Labute approximate surface area is 154 Å². The first-order valence-corrected chi connectivity index (χ1v) is 9.21. The molecule has 0 radical (unpaired) electrons. The number of H-pyrrole nitrogens is 1. The third kappa shape index (κ3) is 4.50. The molecule has 6 heteroatoms. The minimum Gasteiger partial charge on any atom is -0.342 e. The molecule has 26 heavy (non-hydrogen) atoms. The molecule has 1 aliphatic heterocycles. The average molecular weight is 354 g/mol. The Hall–Kier alpha value is -2.63. The van der Waals surface area contributed by atoms with Crippen molar-refractivity contribution in [1.82, 2.24) is 15.1 Å². The summed E-state index contributed by atoms with van der Waals surface area (Å²) in [5, 5.41) is 9.96. The van der Waals surface area contributed by atoms with Crippen LogP contribution in [0.1, 0.15) is 43.9 Å². The fraction of sp³-hybridized carbons (Fsp3) is 0.450. The van der Waals surface area contributed by atoms with Gasteiger partial charge in [-0.1, -0.05) is 44.2 Å². The number of rotatable bonds is 5. The van der Waals surface area contributed by atoms with Crippen LogP contribution < -0.4 is 5.32 Å². The lowest BCUT2D eigenvalue weighted by atomic mass is 9.96. The average Bonchev–Trinajstić information content (AvgIpc) is 3.11. The second kappa shape index (κ2) is 8.17. The van der Waals surface area contributed by atoms with Gasteiger partial charge in [-0.05, 0) is 24.3 Å². The molecule has 1 saturated heterocycles. The van der Waals surface area contributed by atoms with Crippen LogP contribution in [0.25, 0.3) is 0 Å². The number of benzene rings is 1. The molecule has 1 fully saturated rings. The van der Waals surface area contributed by atoms with Crippen molar-refractivity contribution < 1.29 is 9.59 Å². The number of anilines is 1. The number of carbonyl (C=O) groups is 2. The topological polar surface area (TPSA) is 78.1 Å². The van der Waals surface area contributed by atoms with Crippen molar-refractivity contribution in [2.24, 2.45) is 5.92 Å². The molecule has 138 valence electrons. The fourth-order valence-corrected chi connectivity index (χ4v) is 3.22. The van der Waals surface area contributed by atoms with Crippen molar-refractivity contribution in [3.05, 3.63) is 47.7 Å². The van der Waals surface area contributed by atoms with Crippen LogP contribution in [0.5, 0.6) is 0 Å². The third-order valence-corrected chi connectivity index (χ3v) is 4.81. The summed E-state index contributed by atoms with van der Waals surface area (Å²) in [5.74, 6) is 0.697. The van der Waals surface area contributed by atoms with E-state index in [9.17, 15) is 9.59 Å². The Morgan fingerprint density at radius 1 is 1.31 bits per heavy atom. The van der Waals surface area contributed by atoms with Crippen LogP contribution in [0.3, 0.4) is 0 Å². The lowest BCUT2D eigenvalue weighted by Gasteiger charge is -2.32. The maximum atomic E-state index is 12.6. The van der Waals surface area contributed by atoms with Crippen LogP contribution >= 0.6 is 0 Å². The zero-order chi connectivity index (χ0) is 18.5. The molecule has 0 bridgehead atoms. The van der Waals surface area contributed by atoms with Crippen LogP contribution in [0.4, 0.5) is 5.82 Å². The lowest BCUT2D eigenvalue weighted by molar-refractivity contribution is -0.133. The smallest absolute Gasteiger partial charge is 0.230 e. The van der Waals surface area contributed by atoms with Gasteiger partial charge in [0.2, 0.25) is 11.8 Å². The molecule has 2 N–H and O–H groups in total. The molecule has 0 aliphatic carbocycles. The van der Waals surface area contributed by atoms with Gasteiger partial charge in [-0.3, -0.25) is 14.7 Å². The summed E-state index contributed by atoms with van der Waals surface area (Å²) >= 11 is 0. The van der Waals surface area contributed by atoms with E-state index < -0.39 is 0 Å². The molecule has 1 atom stereocenters. The first kappa shape index (κ1) is 18.2. The number of piperidine rings is 1. The van der Waals surface area contributed by atoms with Crippen molar-refractivity contribution in [1.29, 1.82) is 0 Å². The molecule has 2 aromatic rings. The molecule has 1 aliphatic rings. The van der Waals surface area contributed by atoms with Gasteiger partial charge in [0.05, 0.1) is 12.3 Å². The number of nitrogens with one attached hydrogen (secondary N) is 2. The van der Waals surface area contributed by atoms with Gasteiger partial charge >= 0.3 is 0 Å². The van der Waals surface area contributed by atoms with Gasteiger partial charge in [0, 0.05) is 24.8 Å². The molecule has 0 spiro atoms. The van der Waals surface area contributed by atoms with Crippen LogP contribution in [-0.4, -0.2) is 40.0 Å². The predicted molar refractivity (Wildman–Crippen MR) is 101 cm³/mol. The summed E-state index contributed by atoms with van der Waals surface area (Å²) in [6.45, 7) is 5.32. The largest absolute Gasteiger partial charge is 0.342 e. The number of hydrogen-bond acceptors (Lipinski definition) is 3. The number of amides is 2. The van der Waals surface area contributed by atoms with E-state index in [4.69, 9.17) is 0 Å². The van der Waals surface area contributed by atoms with Crippen LogP contribution in [0, 0.1) is 5.92 Å². The Kier molecular flexibility index (Phi) is 5.71. The molecular formula is C20H26N4O2. The molecule has 0 saturated carbocycles. The standard InChI is InChI=1S/C20H26N4O2/c1-14(2)17-12-18(23-22-17)21-20(26)16-9-6-10-24(13-16)19(25)11-15-7-4-3-5-8-15/h3-5,7-8,12,14,16H,6,9-11,13H2,1-2H3,(H2,21,22,23,26). The normalized spacial score (nSPS) is 17.3. The van der Waals surface area contributed by atoms with Crippen molar-refractivity contribution >= 4 is 17.6 Å². The Morgan fingerprint density at radius 3 is 2.77 bits per heavy atom. The third-order valence-electron chi connectivity index (χ3n) is 4.81. The molecule has 6 nitrogen and oxygen atoms in total. The molecule has 1 unspecified atom stereocenters. The summed E-state index contributed by atoms with van der Waals surface area (Å²) in [6.07, 6.45) is 2.02. The first-order chi connectivity index (χ1) is 12.5. The monoisotopic (exact) mass is 354 g/mol. The zero-order valence-corrected chi connectivity index (χ0v) is 15.4. The van der Waals surface area contributed by atoms with E-state index in [0.29, 0.717) is 24.7 Å². The summed E-state index contributed by atoms with van der Waals surface area (Å²) in [5.41, 5.74) is 1.99. The van der Waals surface area contributed by atoms with Gasteiger partial charge in [0.1, 0.15) is 0 Å². The Morgan fingerprint density at radius 2 is 2.08 bits per heavy atom. The van der Waals surface area contributed by atoms with E-state index in [1.807, 2.05) is 41.3 Å². The van der Waals surface area contributed by atoms with Crippen LogP contribution in [-0.2, 0) is 16.0 Å². The van der Waals surface area contributed by atoms with Gasteiger partial charge in [0.15, 0.2) is 5.82 Å². The minimum absolute atomic E-state index is 0.0657. The maximum absolute atomic E-state index is 12.6. The highest BCUT2D eigenvalue weighted by molar-refractivity contribution is 5.92. The highest BCUT2D eigenvalue weighted by Gasteiger charge is 2.28. The van der Waals surface area contributed by atoms with E-state index in [1.54, 1.807) is 0 Å². The van der Waals surface area contributed by atoms with Gasteiger partial charge < -0.3 is 10.2 Å². The number of likely N-dealkylation sites (tertiary alicyclic amines) is 1. The van der Waals surface area contributed by atoms with Crippen molar-refractivity contribution in [2.75, 3.05) is 18.4 Å². The summed E-state index contributed by atoms with van der Waals surface area (Å²) in [7, 11) is 0. The molecular weight excluding hydrogens is 328 g/mol. The molecule has 2 amide bonds. The second-order valence-corrected chi connectivity index (χ2v) is 7.19. The molecule has 3 rings (SSSR count). The van der Waals surface area contributed by atoms with Gasteiger partial charge in [-0.15, -0.1) is 0 Å². The predicted octanol–water partition coefficient (Wildman–Crippen LogP) is 2.95. The van der Waals surface area contributed by atoms with Crippen molar-refractivity contribution in [3.63, 3.8) is 0 Å². The fourth-order valence-electron chi connectivity index (χ4n) is 3.22. The lowest BCUT2D eigenvalue weighted by Crippen LogP contribution is -2.44. The van der Waals surface area contributed by atoms with Gasteiger partial charge in [-0.25, -0.2) is 0 Å². The quantitative estimate of drug-likeness (QED) is 0.866. The maximum Gasteiger partial charge on any atom is 0.230 e. The highest BCUT2D eigenvalue weighted by Crippen LogP contribution is 2.20. The van der Waals surface area contributed by atoms with E-state index in [-0.39, 0.29) is 17.7 Å². The number of aromatic amines is 1. The Balaban J connectivity index is 1.56. The number of aromatic nitrogens is 2. The number of nitrogens with zero attached hydrogens (tertiary/aromatic N) is 2. The van der Waals surface area contributed by atoms with E-state index in [0.717, 1.165) is 30.6 Å². The zero-order valence-electron chi connectivity index (χ0n) is 15.4. The SMILES string of the molecule is CC(C)c1cc(NC(=O)C2CCCN(C(=O)Cc3ccccc3)C2)n[nH]1.